The Labute approximate surface area is 183 Å². The lowest BCUT2D eigenvalue weighted by molar-refractivity contribution is -0.154. The molecule has 0 amide bonds. The lowest BCUT2D eigenvalue weighted by Crippen LogP contribution is -2.20. The summed E-state index contributed by atoms with van der Waals surface area (Å²) in [5.41, 5.74) is -0.466. The molecule has 1 aromatic heterocycles. The molecule has 0 aliphatic heterocycles. The molecule has 1 N–H and O–H groups in total. The third kappa shape index (κ3) is 5.68. The van der Waals surface area contributed by atoms with Gasteiger partial charge in [0.1, 0.15) is 0 Å². The van der Waals surface area contributed by atoms with Crippen LogP contribution in [0, 0.1) is 0 Å². The maximum Gasteiger partial charge on any atom is 0.422 e. The number of aromatic nitrogens is 3. The molecule has 0 saturated carbocycles. The van der Waals surface area contributed by atoms with E-state index in [1.54, 1.807) is 18.2 Å². The smallest absolute Gasteiger partial charge is 0.422 e. The fraction of sp³-hybridized carbons (Fsp3) is 0.136. The molecule has 4 aromatic rings. The minimum Gasteiger partial charge on any atom is -0.454 e. The summed E-state index contributed by atoms with van der Waals surface area (Å²) in [6.45, 7) is -1.64. The van der Waals surface area contributed by atoms with Gasteiger partial charge in [-0.05, 0) is 35.0 Å². The molecule has 0 spiro atoms. The van der Waals surface area contributed by atoms with Gasteiger partial charge in [0.05, 0.1) is 5.56 Å². The molecule has 0 aliphatic rings. The van der Waals surface area contributed by atoms with Gasteiger partial charge in [-0.25, -0.2) is 0 Å². The molecule has 0 radical (unpaired) electrons. The zero-order chi connectivity index (χ0) is 23.6. The monoisotopic (exact) mass is 464 g/mol. The fourth-order valence-corrected chi connectivity index (χ4v) is 2.98. The highest BCUT2D eigenvalue weighted by molar-refractivity contribution is 5.86. The van der Waals surface area contributed by atoms with E-state index in [1.807, 2.05) is 24.3 Å². The van der Waals surface area contributed by atoms with Gasteiger partial charge in [0.25, 0.3) is 0 Å². The Kier molecular flexibility index (Phi) is 5.79. The maximum absolute atomic E-state index is 13.0. The van der Waals surface area contributed by atoms with E-state index in [0.717, 1.165) is 22.9 Å². The largest absolute Gasteiger partial charge is 0.454 e. The first-order valence-corrected chi connectivity index (χ1v) is 9.46. The van der Waals surface area contributed by atoms with Crippen molar-refractivity contribution in [3.05, 3.63) is 72.3 Å². The number of hydrogen-bond donors (Lipinski definition) is 1. The summed E-state index contributed by atoms with van der Waals surface area (Å²) in [6.07, 6.45) is -9.21. The van der Waals surface area contributed by atoms with Gasteiger partial charge < -0.3 is 10.1 Å². The Balaban J connectivity index is 1.73. The number of fused-ring (bicyclic) bond motifs is 1. The molecule has 4 rings (SSSR count). The molecular weight excluding hydrogens is 450 g/mol. The van der Waals surface area contributed by atoms with Gasteiger partial charge in [-0.3, -0.25) is 0 Å². The van der Waals surface area contributed by atoms with Crippen molar-refractivity contribution < 1.29 is 31.1 Å². The number of anilines is 2. The lowest BCUT2D eigenvalue weighted by Gasteiger charge is -2.12. The van der Waals surface area contributed by atoms with Crippen LogP contribution in [0.15, 0.2) is 66.7 Å². The van der Waals surface area contributed by atoms with Crippen LogP contribution < -0.4 is 10.1 Å². The van der Waals surface area contributed by atoms with Gasteiger partial charge in [0.2, 0.25) is 5.95 Å². The minimum atomic E-state index is -4.63. The van der Waals surface area contributed by atoms with Gasteiger partial charge in [-0.15, -0.1) is 0 Å². The normalized spacial score (nSPS) is 12.1. The minimum absolute atomic E-state index is 0.0117. The molecule has 0 aliphatic carbocycles. The molecule has 5 nitrogen and oxygen atoms in total. The standard InChI is InChI=1S/C22H14F6N4O/c23-21(24,25)12-33-20-31-18(15-9-8-13-4-1-2-5-14(13)10-15)30-19(32-20)29-17-7-3-6-16(11-17)22(26,27)28/h1-11H,12H2,(H,29,30,31,32). The first-order valence-electron chi connectivity index (χ1n) is 9.46. The van der Waals surface area contributed by atoms with Crippen LogP contribution in [0.1, 0.15) is 5.56 Å². The molecule has 0 unspecified atom stereocenters. The SMILES string of the molecule is FC(F)(F)COc1nc(Nc2cccc(C(F)(F)F)c2)nc(-c2ccc3ccccc3c2)n1. The fourth-order valence-electron chi connectivity index (χ4n) is 2.98. The predicted molar refractivity (Wildman–Crippen MR) is 109 cm³/mol. The van der Waals surface area contributed by atoms with E-state index in [0.29, 0.717) is 5.56 Å². The number of nitrogens with one attached hydrogen (secondary N) is 1. The Morgan fingerprint density at radius 1 is 0.758 bits per heavy atom. The number of ether oxygens (including phenoxy) is 1. The second kappa shape index (κ2) is 8.57. The summed E-state index contributed by atoms with van der Waals surface area (Å²) in [7, 11) is 0. The summed E-state index contributed by atoms with van der Waals surface area (Å²) >= 11 is 0. The van der Waals surface area contributed by atoms with Crippen molar-refractivity contribution in [1.82, 2.24) is 15.0 Å². The van der Waals surface area contributed by atoms with E-state index < -0.39 is 30.5 Å². The summed E-state index contributed by atoms with van der Waals surface area (Å²) in [5, 5.41) is 4.33. The summed E-state index contributed by atoms with van der Waals surface area (Å²) in [5.74, 6) is -0.285. The molecule has 33 heavy (non-hydrogen) atoms. The van der Waals surface area contributed by atoms with Crippen molar-refractivity contribution in [2.24, 2.45) is 0 Å². The van der Waals surface area contributed by atoms with Crippen molar-refractivity contribution in [2.75, 3.05) is 11.9 Å². The topological polar surface area (TPSA) is 59.9 Å². The third-order valence-corrected chi connectivity index (χ3v) is 4.43. The van der Waals surface area contributed by atoms with Crippen LogP contribution in [0.2, 0.25) is 0 Å². The molecule has 1 heterocycles. The first kappa shape index (κ1) is 22.3. The zero-order valence-corrected chi connectivity index (χ0v) is 16.6. The number of halogens is 6. The van der Waals surface area contributed by atoms with Crippen LogP contribution in [0.25, 0.3) is 22.2 Å². The van der Waals surface area contributed by atoms with E-state index in [-0.39, 0.29) is 17.5 Å². The Morgan fingerprint density at radius 2 is 1.52 bits per heavy atom. The van der Waals surface area contributed by atoms with Gasteiger partial charge >= 0.3 is 18.4 Å². The number of benzene rings is 3. The van der Waals surface area contributed by atoms with Crippen LogP contribution in [0.3, 0.4) is 0 Å². The molecule has 0 fully saturated rings. The maximum atomic E-state index is 13.0. The Hall–Kier alpha value is -3.89. The third-order valence-electron chi connectivity index (χ3n) is 4.43. The van der Waals surface area contributed by atoms with Crippen LogP contribution in [-0.2, 0) is 6.18 Å². The number of nitrogens with zero attached hydrogens (tertiary/aromatic N) is 3. The van der Waals surface area contributed by atoms with Crippen molar-refractivity contribution >= 4 is 22.4 Å². The highest BCUT2D eigenvalue weighted by atomic mass is 19.4. The highest BCUT2D eigenvalue weighted by Crippen LogP contribution is 2.31. The molecule has 0 saturated heterocycles. The second-order valence-corrected chi connectivity index (χ2v) is 6.93. The Morgan fingerprint density at radius 3 is 2.24 bits per heavy atom. The van der Waals surface area contributed by atoms with E-state index >= 15 is 0 Å². The van der Waals surface area contributed by atoms with Crippen LogP contribution in [0.5, 0.6) is 6.01 Å². The second-order valence-electron chi connectivity index (χ2n) is 6.93. The number of alkyl halides is 6. The van der Waals surface area contributed by atoms with E-state index in [9.17, 15) is 26.3 Å². The molecule has 3 aromatic carbocycles. The van der Waals surface area contributed by atoms with Crippen molar-refractivity contribution in [3.63, 3.8) is 0 Å². The average molecular weight is 464 g/mol. The van der Waals surface area contributed by atoms with Crippen molar-refractivity contribution in [3.8, 4) is 17.4 Å². The zero-order valence-electron chi connectivity index (χ0n) is 16.6. The summed E-state index contributed by atoms with van der Waals surface area (Å²) < 4.78 is 81.5. The van der Waals surface area contributed by atoms with Gasteiger partial charge in [0, 0.05) is 11.3 Å². The quantitative estimate of drug-likeness (QED) is 0.347. The van der Waals surface area contributed by atoms with E-state index in [4.69, 9.17) is 0 Å². The van der Waals surface area contributed by atoms with Crippen LogP contribution in [-0.4, -0.2) is 27.7 Å². The molecule has 11 heteroatoms. The van der Waals surface area contributed by atoms with E-state index in [1.165, 1.54) is 12.1 Å². The van der Waals surface area contributed by atoms with Gasteiger partial charge in [0.15, 0.2) is 12.4 Å². The van der Waals surface area contributed by atoms with Crippen molar-refractivity contribution in [1.29, 1.82) is 0 Å². The summed E-state index contributed by atoms with van der Waals surface area (Å²) in [4.78, 5) is 11.9. The number of rotatable bonds is 5. The lowest BCUT2D eigenvalue weighted by atomic mass is 10.1. The average Bonchev–Trinajstić information content (AvgIpc) is 2.76. The highest BCUT2D eigenvalue weighted by Gasteiger charge is 2.31. The van der Waals surface area contributed by atoms with Gasteiger partial charge in [-0.2, -0.15) is 41.3 Å². The predicted octanol–water partition coefficient (Wildman–Crippen LogP) is 6.40. The van der Waals surface area contributed by atoms with Crippen LogP contribution in [0.4, 0.5) is 38.0 Å². The number of hydrogen-bond acceptors (Lipinski definition) is 5. The van der Waals surface area contributed by atoms with E-state index in [2.05, 4.69) is 25.0 Å². The molecular formula is C22H14F6N4O. The van der Waals surface area contributed by atoms with Crippen LogP contribution >= 0.6 is 0 Å². The summed E-state index contributed by atoms with van der Waals surface area (Å²) in [6, 6.07) is 16.2. The Bertz CT molecular complexity index is 1290. The van der Waals surface area contributed by atoms with Gasteiger partial charge in [-0.1, -0.05) is 42.5 Å². The molecule has 0 atom stereocenters. The van der Waals surface area contributed by atoms with Crippen molar-refractivity contribution in [2.45, 2.75) is 12.4 Å². The first-order chi connectivity index (χ1) is 15.6. The molecule has 170 valence electrons. The molecule has 0 bridgehead atoms.